The van der Waals surface area contributed by atoms with Crippen molar-refractivity contribution in [2.45, 2.75) is 26.3 Å². The quantitative estimate of drug-likeness (QED) is 0.483. The van der Waals surface area contributed by atoms with E-state index in [0.717, 1.165) is 0 Å². The Morgan fingerprint density at radius 1 is 1.38 bits per heavy atom. The third kappa shape index (κ3) is 1.91. The molecule has 3 heteroatoms. The van der Waals surface area contributed by atoms with Gasteiger partial charge in [-0.1, -0.05) is 0 Å². The molecule has 0 saturated carbocycles. The van der Waals surface area contributed by atoms with E-state index in [9.17, 15) is 4.91 Å². The van der Waals surface area contributed by atoms with Crippen molar-refractivity contribution in [3.05, 3.63) is 4.91 Å². The Kier molecular flexibility index (Phi) is 1.95. The molecule has 0 radical (unpaired) electrons. The molecule has 0 aliphatic heterocycles. The molecule has 0 aromatic rings. The van der Waals surface area contributed by atoms with Gasteiger partial charge in [-0.2, -0.15) is 0 Å². The average molecular weight is 118 g/mol. The van der Waals surface area contributed by atoms with Crippen LogP contribution in [0.25, 0.3) is 0 Å². The van der Waals surface area contributed by atoms with Crippen molar-refractivity contribution in [3.8, 4) is 0 Å². The second-order valence-corrected chi connectivity index (χ2v) is 2.61. The molecule has 0 aliphatic rings. The minimum atomic E-state index is -0.436. The maximum Gasteiger partial charge on any atom is 0.258 e. The number of nitrogens with zero attached hydrogens (tertiary/aromatic N) is 1. The van der Waals surface area contributed by atoms with Gasteiger partial charge in [0.2, 0.25) is 4.92 Å². The summed E-state index contributed by atoms with van der Waals surface area (Å²) in [7, 11) is 1.36. The summed E-state index contributed by atoms with van der Waals surface area (Å²) >= 11 is 0. The van der Waals surface area contributed by atoms with Crippen LogP contribution in [0.15, 0.2) is 0 Å². The van der Waals surface area contributed by atoms with Crippen LogP contribution < -0.4 is 0 Å². The van der Waals surface area contributed by atoms with Gasteiger partial charge in [0.15, 0.2) is 7.11 Å². The highest BCUT2D eigenvalue weighted by molar-refractivity contribution is 4.51. The van der Waals surface area contributed by atoms with E-state index >= 15 is 0 Å². The first-order valence-electron chi connectivity index (χ1n) is 2.50. The lowest BCUT2D eigenvalue weighted by Gasteiger charge is -2.02. The molecule has 0 atom stereocenters. The van der Waals surface area contributed by atoms with E-state index < -0.39 is 5.54 Å². The maximum atomic E-state index is 10.5. The van der Waals surface area contributed by atoms with Crippen LogP contribution in [-0.4, -0.2) is 17.6 Å². The highest BCUT2D eigenvalue weighted by atomic mass is 16.8. The fourth-order valence-corrected chi connectivity index (χ4v) is 0.274. The van der Waals surface area contributed by atoms with Crippen LogP contribution in [0.5, 0.6) is 0 Å². The molecule has 0 aliphatic carbocycles. The van der Waals surface area contributed by atoms with Crippen LogP contribution in [0.2, 0.25) is 0 Å². The highest BCUT2D eigenvalue weighted by Gasteiger charge is 2.30. The van der Waals surface area contributed by atoms with Gasteiger partial charge in [-0.25, -0.2) is 4.84 Å². The van der Waals surface area contributed by atoms with E-state index in [1.165, 1.54) is 7.11 Å². The smallest absolute Gasteiger partial charge is 0.235 e. The van der Waals surface area contributed by atoms with Crippen molar-refractivity contribution in [1.82, 2.24) is 0 Å². The molecule has 0 bridgehead atoms. The summed E-state index contributed by atoms with van der Waals surface area (Å²) in [6.07, 6.45) is 0. The lowest BCUT2D eigenvalue weighted by atomic mass is 10.1. The van der Waals surface area contributed by atoms with Gasteiger partial charge in [0.1, 0.15) is 0 Å². The molecule has 0 heterocycles. The molecule has 0 N–H and O–H groups in total. The summed E-state index contributed by atoms with van der Waals surface area (Å²) in [5, 5.41) is 0. The summed E-state index contributed by atoms with van der Waals surface area (Å²) in [5.41, 5.74) is -0.436. The topological polar surface area (TPSA) is 29.3 Å². The van der Waals surface area contributed by atoms with Crippen molar-refractivity contribution in [2.75, 3.05) is 7.11 Å². The van der Waals surface area contributed by atoms with Crippen LogP contribution in [-0.2, 0) is 4.84 Å². The summed E-state index contributed by atoms with van der Waals surface area (Å²) in [6.45, 7) is 5.34. The van der Waals surface area contributed by atoms with Crippen molar-refractivity contribution >= 4 is 0 Å². The zero-order chi connectivity index (χ0) is 6.78. The second-order valence-electron chi connectivity index (χ2n) is 2.61. The van der Waals surface area contributed by atoms with Crippen LogP contribution in [0.1, 0.15) is 20.8 Å². The first-order chi connectivity index (χ1) is 3.48. The summed E-state index contributed by atoms with van der Waals surface area (Å²) in [6, 6.07) is 0. The molecule has 0 aromatic heterocycles. The molecule has 0 spiro atoms. The fraction of sp³-hybridized carbons (Fsp3) is 1.00. The zero-order valence-corrected chi connectivity index (χ0v) is 5.76. The predicted octanol–water partition coefficient (Wildman–Crippen LogP) is 1.13. The van der Waals surface area contributed by atoms with Gasteiger partial charge in [-0.15, -0.1) is 0 Å². The van der Waals surface area contributed by atoms with E-state index in [1.807, 2.05) is 0 Å². The molecule has 3 nitrogen and oxygen atoms in total. The monoisotopic (exact) mass is 118 g/mol. The third-order valence-corrected chi connectivity index (χ3v) is 0.714. The molecule has 0 saturated heterocycles. The van der Waals surface area contributed by atoms with Crippen LogP contribution in [0.4, 0.5) is 0 Å². The third-order valence-electron chi connectivity index (χ3n) is 0.714. The summed E-state index contributed by atoms with van der Waals surface area (Å²) in [4.78, 5) is 15.5. The minimum absolute atomic E-state index is 0.436. The molecule has 8 heavy (non-hydrogen) atoms. The Balaban J connectivity index is 3.82. The lowest BCUT2D eigenvalue weighted by molar-refractivity contribution is -0.839. The summed E-state index contributed by atoms with van der Waals surface area (Å²) < 4.78 is 0. The van der Waals surface area contributed by atoms with Crippen molar-refractivity contribution in [1.29, 1.82) is 0 Å². The van der Waals surface area contributed by atoms with Crippen LogP contribution >= 0.6 is 0 Å². The molecule has 0 aromatic carbocycles. The van der Waals surface area contributed by atoms with Crippen molar-refractivity contribution < 1.29 is 9.76 Å². The predicted molar refractivity (Wildman–Crippen MR) is 30.4 cm³/mol. The largest absolute Gasteiger partial charge is 0.258 e. The normalized spacial score (nSPS) is 11.0. The minimum Gasteiger partial charge on any atom is -0.235 e. The van der Waals surface area contributed by atoms with Gasteiger partial charge < -0.3 is 0 Å². The van der Waals surface area contributed by atoms with Gasteiger partial charge in [0.25, 0.3) is 5.54 Å². The number of hydrogen-bond acceptors (Lipinski definition) is 2. The molecule has 0 amide bonds. The van der Waals surface area contributed by atoms with E-state index in [1.54, 1.807) is 20.8 Å². The molecule has 0 fully saturated rings. The van der Waals surface area contributed by atoms with Crippen molar-refractivity contribution in [2.24, 2.45) is 0 Å². The Morgan fingerprint density at radius 2 is 1.75 bits per heavy atom. The Morgan fingerprint density at radius 3 is 1.75 bits per heavy atom. The average Bonchev–Trinajstić information content (AvgIpc) is 1.62. The Labute approximate surface area is 49.2 Å². The van der Waals surface area contributed by atoms with Crippen LogP contribution in [0, 0.1) is 4.91 Å². The first kappa shape index (κ1) is 7.40. The fourth-order valence-electron chi connectivity index (χ4n) is 0.274. The molecule has 0 rings (SSSR count). The molecule has 48 valence electrons. The standard InChI is InChI=1S/C5H12NO2/c1-5(2,3)6(7)8-4/h1-4H3/q+1. The van der Waals surface area contributed by atoms with E-state index in [4.69, 9.17) is 0 Å². The molecule has 0 unspecified atom stereocenters. The Hall–Kier alpha value is -0.600. The van der Waals surface area contributed by atoms with Crippen molar-refractivity contribution in [3.63, 3.8) is 0 Å². The second kappa shape index (κ2) is 2.11. The van der Waals surface area contributed by atoms with Gasteiger partial charge in [0.05, 0.1) is 4.91 Å². The SMILES string of the molecule is CO[N+](=O)C(C)(C)C. The molecular formula is C5H12NO2+. The van der Waals surface area contributed by atoms with E-state index in [0.29, 0.717) is 4.92 Å². The van der Waals surface area contributed by atoms with Gasteiger partial charge in [-0.05, 0) is 0 Å². The highest BCUT2D eigenvalue weighted by Crippen LogP contribution is 2.04. The number of hydrogen-bond donors (Lipinski definition) is 0. The van der Waals surface area contributed by atoms with Gasteiger partial charge >= 0.3 is 0 Å². The summed E-state index contributed by atoms with van der Waals surface area (Å²) in [5.74, 6) is 0. The van der Waals surface area contributed by atoms with Gasteiger partial charge in [0, 0.05) is 20.8 Å². The first-order valence-corrected chi connectivity index (χ1v) is 2.50. The lowest BCUT2D eigenvalue weighted by Crippen LogP contribution is -2.29. The Bertz CT molecular complexity index is 93.1. The number of rotatable bonds is 1. The van der Waals surface area contributed by atoms with E-state index in [-0.39, 0.29) is 0 Å². The van der Waals surface area contributed by atoms with Crippen LogP contribution in [0.3, 0.4) is 0 Å². The van der Waals surface area contributed by atoms with E-state index in [2.05, 4.69) is 4.84 Å². The molecular weight excluding hydrogens is 106 g/mol. The maximum absolute atomic E-state index is 10.5. The zero-order valence-electron chi connectivity index (χ0n) is 5.76. The van der Waals surface area contributed by atoms with Gasteiger partial charge in [-0.3, -0.25) is 0 Å².